The number of nitrogens with zero attached hydrogens (tertiary/aromatic N) is 2. The van der Waals surface area contributed by atoms with E-state index in [0.717, 1.165) is 16.5 Å². The van der Waals surface area contributed by atoms with Crippen molar-refractivity contribution in [3.63, 3.8) is 0 Å². The number of nitrogen functional groups attached to an aromatic ring is 1. The summed E-state index contributed by atoms with van der Waals surface area (Å²) in [4.78, 5) is 8.11. The number of aromatic nitrogens is 2. The van der Waals surface area contributed by atoms with E-state index in [9.17, 15) is 4.39 Å². The number of thioether (sulfide) groups is 1. The van der Waals surface area contributed by atoms with E-state index in [-0.39, 0.29) is 16.2 Å². The lowest BCUT2D eigenvalue weighted by Gasteiger charge is -2.18. The summed E-state index contributed by atoms with van der Waals surface area (Å²) < 4.78 is 13.7. The molecule has 134 valence electrons. The van der Waals surface area contributed by atoms with Crippen LogP contribution in [0.4, 0.5) is 10.2 Å². The highest BCUT2D eigenvalue weighted by molar-refractivity contribution is 7.99. The van der Waals surface area contributed by atoms with Crippen molar-refractivity contribution < 1.29 is 4.39 Å². The second-order valence-corrected chi connectivity index (χ2v) is 7.44. The van der Waals surface area contributed by atoms with E-state index in [1.54, 1.807) is 0 Å². The summed E-state index contributed by atoms with van der Waals surface area (Å²) in [5, 5.41) is 2.30. The lowest BCUT2D eigenvalue weighted by atomic mass is 10.0. The maximum atomic E-state index is 13.7. The fourth-order valence-electron chi connectivity index (χ4n) is 2.90. The summed E-state index contributed by atoms with van der Waals surface area (Å²) in [6.07, 6.45) is 0. The van der Waals surface area contributed by atoms with Gasteiger partial charge in [0.15, 0.2) is 16.1 Å². The normalized spacial score (nSPS) is 12.2. The van der Waals surface area contributed by atoms with E-state index >= 15 is 0 Å². The molecular formula is C21H15ClFN3S. The number of benzene rings is 3. The topological polar surface area (TPSA) is 51.8 Å². The highest BCUT2D eigenvalue weighted by Crippen LogP contribution is 2.40. The fraction of sp³-hybridized carbons (Fsp3) is 0.0476. The Morgan fingerprint density at radius 1 is 0.852 bits per heavy atom. The van der Waals surface area contributed by atoms with E-state index in [4.69, 9.17) is 17.3 Å². The largest absolute Gasteiger partial charge is 0.381 e. The summed E-state index contributed by atoms with van der Waals surface area (Å²) in [5.41, 5.74) is 7.80. The van der Waals surface area contributed by atoms with Gasteiger partial charge in [-0.15, -0.1) is 0 Å². The van der Waals surface area contributed by atoms with E-state index in [2.05, 4.69) is 40.3 Å². The van der Waals surface area contributed by atoms with Crippen LogP contribution in [0.5, 0.6) is 0 Å². The number of nitrogens with two attached hydrogens (primary N) is 1. The van der Waals surface area contributed by atoms with Crippen molar-refractivity contribution in [3.8, 4) is 0 Å². The van der Waals surface area contributed by atoms with Crippen molar-refractivity contribution in [1.29, 1.82) is 0 Å². The van der Waals surface area contributed by atoms with Crippen molar-refractivity contribution in [2.45, 2.75) is 10.4 Å². The van der Waals surface area contributed by atoms with Crippen LogP contribution in [0.3, 0.4) is 0 Å². The molecule has 0 saturated heterocycles. The summed E-state index contributed by atoms with van der Waals surface area (Å²) in [7, 11) is 0. The van der Waals surface area contributed by atoms with Gasteiger partial charge in [0.05, 0.1) is 5.25 Å². The van der Waals surface area contributed by atoms with Gasteiger partial charge in [-0.2, -0.15) is 4.39 Å². The number of hydrogen-bond acceptors (Lipinski definition) is 4. The molecule has 27 heavy (non-hydrogen) atoms. The molecule has 3 aromatic carbocycles. The molecule has 0 amide bonds. The fourth-order valence-corrected chi connectivity index (χ4v) is 4.21. The molecular weight excluding hydrogens is 381 g/mol. The molecule has 0 bridgehead atoms. The zero-order valence-electron chi connectivity index (χ0n) is 14.1. The molecule has 0 spiro atoms. The molecule has 4 rings (SSSR count). The minimum atomic E-state index is -0.789. The van der Waals surface area contributed by atoms with Gasteiger partial charge in [-0.25, -0.2) is 9.97 Å². The third-order valence-electron chi connectivity index (χ3n) is 4.22. The van der Waals surface area contributed by atoms with Gasteiger partial charge >= 0.3 is 0 Å². The number of anilines is 1. The molecule has 3 nitrogen and oxygen atoms in total. The molecule has 0 saturated carbocycles. The predicted octanol–water partition coefficient (Wildman–Crippen LogP) is 5.89. The summed E-state index contributed by atoms with van der Waals surface area (Å²) in [6.45, 7) is 0. The molecule has 2 N–H and O–H groups in total. The van der Waals surface area contributed by atoms with Gasteiger partial charge in [-0.1, -0.05) is 90.1 Å². The van der Waals surface area contributed by atoms with Crippen molar-refractivity contribution in [2.75, 3.05) is 5.73 Å². The smallest absolute Gasteiger partial charge is 0.202 e. The first-order valence-corrected chi connectivity index (χ1v) is 9.56. The van der Waals surface area contributed by atoms with E-state index in [1.807, 2.05) is 42.5 Å². The quantitative estimate of drug-likeness (QED) is 0.266. The number of hydrogen-bond donors (Lipinski definition) is 1. The third kappa shape index (κ3) is 3.75. The van der Waals surface area contributed by atoms with Crippen molar-refractivity contribution in [3.05, 3.63) is 94.9 Å². The molecule has 0 aliphatic carbocycles. The Labute approximate surface area is 165 Å². The third-order valence-corrected chi connectivity index (χ3v) is 5.64. The van der Waals surface area contributed by atoms with Crippen LogP contribution < -0.4 is 5.73 Å². The van der Waals surface area contributed by atoms with Crippen LogP contribution in [0.25, 0.3) is 10.8 Å². The zero-order chi connectivity index (χ0) is 18.8. The number of halogens is 2. The van der Waals surface area contributed by atoms with Crippen molar-refractivity contribution in [2.24, 2.45) is 0 Å². The van der Waals surface area contributed by atoms with E-state index in [0.29, 0.717) is 5.16 Å². The van der Waals surface area contributed by atoms with Crippen LogP contribution in [0.2, 0.25) is 5.15 Å². The number of fused-ring (bicyclic) bond motifs is 1. The van der Waals surface area contributed by atoms with Crippen molar-refractivity contribution >= 4 is 40.0 Å². The van der Waals surface area contributed by atoms with Gasteiger partial charge in [0.25, 0.3) is 0 Å². The maximum absolute atomic E-state index is 13.7. The van der Waals surface area contributed by atoms with Crippen LogP contribution in [0.15, 0.2) is 78.0 Å². The van der Waals surface area contributed by atoms with Crippen LogP contribution in [0, 0.1) is 5.82 Å². The van der Waals surface area contributed by atoms with Crippen LogP contribution in [-0.2, 0) is 0 Å². The van der Waals surface area contributed by atoms with E-state index in [1.165, 1.54) is 17.1 Å². The molecule has 6 heteroatoms. The summed E-state index contributed by atoms with van der Waals surface area (Å²) in [5.74, 6) is -1.04. The standard InChI is InChI=1S/C21H15ClFN3S/c22-19-17(23)20(24)26-21(25-19)27-18(14-7-2-1-3-8-14)16-11-10-13-6-4-5-9-15(13)12-16/h1-12,18H,(H2,24,25,26). The summed E-state index contributed by atoms with van der Waals surface area (Å²) in [6, 6.07) is 24.5. The Morgan fingerprint density at radius 2 is 1.56 bits per heavy atom. The maximum Gasteiger partial charge on any atom is 0.202 e. The molecule has 0 aliphatic heterocycles. The first-order valence-electron chi connectivity index (χ1n) is 8.30. The Balaban J connectivity index is 1.79. The molecule has 0 radical (unpaired) electrons. The average Bonchev–Trinajstić information content (AvgIpc) is 2.70. The van der Waals surface area contributed by atoms with E-state index < -0.39 is 5.82 Å². The molecule has 1 heterocycles. The van der Waals surface area contributed by atoms with Crippen LogP contribution in [0.1, 0.15) is 16.4 Å². The highest BCUT2D eigenvalue weighted by atomic mass is 35.5. The van der Waals surface area contributed by atoms with Gasteiger partial charge in [0.2, 0.25) is 5.82 Å². The van der Waals surface area contributed by atoms with Gasteiger partial charge < -0.3 is 5.73 Å². The Hall–Kier alpha value is -2.63. The first-order chi connectivity index (χ1) is 13.1. The zero-order valence-corrected chi connectivity index (χ0v) is 15.7. The molecule has 1 atom stereocenters. The second kappa shape index (κ2) is 7.55. The molecule has 0 fully saturated rings. The van der Waals surface area contributed by atoms with Gasteiger partial charge in [0.1, 0.15) is 0 Å². The molecule has 4 aromatic rings. The Kier molecular flexibility index (Phi) is 4.97. The molecule has 1 unspecified atom stereocenters. The SMILES string of the molecule is Nc1nc(SC(c2ccccc2)c2ccc3ccccc3c2)nc(Cl)c1F. The van der Waals surface area contributed by atoms with Gasteiger partial charge in [0, 0.05) is 0 Å². The average molecular weight is 396 g/mol. The van der Waals surface area contributed by atoms with Gasteiger partial charge in [-0.3, -0.25) is 0 Å². The molecule has 0 aliphatic rings. The van der Waals surface area contributed by atoms with Crippen LogP contribution in [-0.4, -0.2) is 9.97 Å². The molecule has 1 aromatic heterocycles. The summed E-state index contributed by atoms with van der Waals surface area (Å²) >= 11 is 7.24. The van der Waals surface area contributed by atoms with Crippen LogP contribution >= 0.6 is 23.4 Å². The predicted molar refractivity (Wildman–Crippen MR) is 110 cm³/mol. The first kappa shape index (κ1) is 17.8. The Morgan fingerprint density at radius 3 is 2.30 bits per heavy atom. The monoisotopic (exact) mass is 395 g/mol. The minimum absolute atomic E-state index is 0.0864. The Bertz CT molecular complexity index is 1080. The number of rotatable bonds is 4. The lowest BCUT2D eigenvalue weighted by molar-refractivity contribution is 0.613. The highest BCUT2D eigenvalue weighted by Gasteiger charge is 2.20. The lowest BCUT2D eigenvalue weighted by Crippen LogP contribution is -2.03. The minimum Gasteiger partial charge on any atom is -0.381 e. The second-order valence-electron chi connectivity index (χ2n) is 6.01. The van der Waals surface area contributed by atoms with Gasteiger partial charge in [-0.05, 0) is 28.0 Å². The van der Waals surface area contributed by atoms with Crippen molar-refractivity contribution in [1.82, 2.24) is 9.97 Å².